The van der Waals surface area contributed by atoms with Crippen LogP contribution in [0, 0.1) is 0 Å². The number of benzene rings is 1. The van der Waals surface area contributed by atoms with Crippen LogP contribution in [0.4, 0.5) is 0 Å². The van der Waals surface area contributed by atoms with Gasteiger partial charge in [0.1, 0.15) is 0 Å². The van der Waals surface area contributed by atoms with E-state index in [9.17, 15) is 9.59 Å². The van der Waals surface area contributed by atoms with Gasteiger partial charge in [0.15, 0.2) is 0 Å². The Morgan fingerprint density at radius 2 is 1.04 bits per heavy atom. The molecule has 6 aliphatic heterocycles. The summed E-state index contributed by atoms with van der Waals surface area (Å²) in [6, 6.07) is 8.46. The molecule has 4 nitrogen and oxygen atoms in total. The van der Waals surface area contributed by atoms with E-state index in [2.05, 4.69) is 37.4 Å². The number of carbonyl (C=O) groups is 2. The highest BCUT2D eigenvalue weighted by molar-refractivity contribution is 5.99. The van der Waals surface area contributed by atoms with Crippen molar-refractivity contribution in [2.45, 2.75) is 36.5 Å². The molecule has 6 saturated heterocycles. The zero-order chi connectivity index (χ0) is 18.1. The number of amides is 2. The summed E-state index contributed by atoms with van der Waals surface area (Å²) in [5.41, 5.74) is 3.31. The number of fused-ring (bicyclic) bond motifs is 6. The minimum absolute atomic E-state index is 0.100. The van der Waals surface area contributed by atoms with Gasteiger partial charge in [-0.1, -0.05) is 37.4 Å². The summed E-state index contributed by atoms with van der Waals surface area (Å²) in [4.78, 5) is 29.2. The van der Waals surface area contributed by atoms with Crippen LogP contribution in [0.25, 0.3) is 0 Å². The molecule has 0 radical (unpaired) electrons. The molecule has 0 N–H and O–H groups in total. The lowest BCUT2D eigenvalue weighted by Crippen LogP contribution is -2.58. The van der Waals surface area contributed by atoms with Crippen LogP contribution in [0.5, 0.6) is 0 Å². The van der Waals surface area contributed by atoms with E-state index in [1.165, 1.54) is 11.1 Å². The van der Waals surface area contributed by atoms with E-state index in [0.717, 1.165) is 63.0 Å². The van der Waals surface area contributed by atoms with E-state index in [4.69, 9.17) is 0 Å². The number of hydrogen-bond acceptors (Lipinski definition) is 2. The van der Waals surface area contributed by atoms with E-state index in [0.29, 0.717) is 0 Å². The molecule has 0 saturated carbocycles. The Balaban J connectivity index is 1.69. The molecule has 7 rings (SSSR count). The van der Waals surface area contributed by atoms with Crippen molar-refractivity contribution in [3.63, 3.8) is 0 Å². The van der Waals surface area contributed by atoms with Crippen molar-refractivity contribution in [1.82, 2.24) is 9.80 Å². The fourth-order valence-corrected chi connectivity index (χ4v) is 5.76. The number of hydrogen-bond donors (Lipinski definition) is 0. The van der Waals surface area contributed by atoms with Crippen molar-refractivity contribution >= 4 is 11.8 Å². The van der Waals surface area contributed by atoms with Gasteiger partial charge in [0.25, 0.3) is 0 Å². The molecule has 2 amide bonds. The molecule has 4 bridgehead atoms. The minimum atomic E-state index is -0.283. The maximum absolute atomic E-state index is 12.7. The maximum atomic E-state index is 12.7. The predicted octanol–water partition coefficient (Wildman–Crippen LogP) is 2.55. The average Bonchev–Trinajstić information content (AvgIpc) is 2.70. The van der Waals surface area contributed by atoms with Crippen molar-refractivity contribution in [2.75, 3.05) is 26.2 Å². The molecule has 4 heteroatoms. The molecule has 134 valence electrons. The molecule has 6 aliphatic rings. The summed E-state index contributed by atoms with van der Waals surface area (Å²) in [6.07, 6.45) is 3.71. The molecule has 6 fully saturated rings. The first-order valence-electron chi connectivity index (χ1n) is 9.57. The Morgan fingerprint density at radius 3 is 1.38 bits per heavy atom. The molecule has 0 spiro atoms. The van der Waals surface area contributed by atoms with Gasteiger partial charge in [-0.2, -0.15) is 0 Å². The monoisotopic (exact) mass is 348 g/mol. The lowest BCUT2D eigenvalue weighted by atomic mass is 9.57. The highest BCUT2D eigenvalue weighted by atomic mass is 16.2. The average molecular weight is 348 g/mol. The third kappa shape index (κ3) is 1.75. The third-order valence-corrected chi connectivity index (χ3v) is 7.44. The Morgan fingerprint density at radius 1 is 0.692 bits per heavy atom. The highest BCUT2D eigenvalue weighted by Gasteiger charge is 2.54. The van der Waals surface area contributed by atoms with Gasteiger partial charge < -0.3 is 9.80 Å². The van der Waals surface area contributed by atoms with Gasteiger partial charge in [0.2, 0.25) is 11.8 Å². The molecular formula is C22H24N2O2. The van der Waals surface area contributed by atoms with Crippen molar-refractivity contribution in [1.29, 1.82) is 0 Å². The van der Waals surface area contributed by atoms with E-state index in [1.54, 1.807) is 0 Å². The Bertz CT molecular complexity index is 782. The van der Waals surface area contributed by atoms with Gasteiger partial charge in [-0.15, -0.1) is 0 Å². The number of rotatable bonds is 2. The Labute approximate surface area is 154 Å². The number of piperidine rings is 6. The highest BCUT2D eigenvalue weighted by Crippen LogP contribution is 2.53. The fraction of sp³-hybridized carbons (Fsp3) is 0.455. The summed E-state index contributed by atoms with van der Waals surface area (Å²) in [5.74, 6) is 0.200. The maximum Gasteiger partial charge on any atom is 0.250 e. The molecule has 6 heterocycles. The summed E-state index contributed by atoms with van der Waals surface area (Å²) < 4.78 is 0. The minimum Gasteiger partial charge on any atom is -0.339 e. The van der Waals surface area contributed by atoms with Gasteiger partial charge >= 0.3 is 0 Å². The lowest BCUT2D eigenvalue weighted by molar-refractivity contribution is -0.134. The van der Waals surface area contributed by atoms with E-state index < -0.39 is 0 Å². The molecule has 26 heavy (non-hydrogen) atoms. The second kappa shape index (κ2) is 5.09. The molecule has 1 aromatic rings. The van der Waals surface area contributed by atoms with Crippen LogP contribution in [0.1, 0.15) is 36.8 Å². The van der Waals surface area contributed by atoms with Gasteiger partial charge in [-0.05, 0) is 36.8 Å². The summed E-state index contributed by atoms with van der Waals surface area (Å²) in [7, 11) is 0. The van der Waals surface area contributed by atoms with Crippen molar-refractivity contribution < 1.29 is 9.59 Å². The molecule has 0 aromatic heterocycles. The first-order valence-corrected chi connectivity index (χ1v) is 9.57. The van der Waals surface area contributed by atoms with Gasteiger partial charge in [-0.3, -0.25) is 9.59 Å². The second-order valence-corrected chi connectivity index (χ2v) is 8.25. The first kappa shape index (κ1) is 15.9. The summed E-state index contributed by atoms with van der Waals surface area (Å²) >= 11 is 0. The number of nitrogens with zero attached hydrogens (tertiary/aromatic N) is 2. The van der Waals surface area contributed by atoms with Crippen LogP contribution in [0.2, 0.25) is 0 Å². The van der Waals surface area contributed by atoms with Crippen LogP contribution in [-0.4, -0.2) is 47.8 Å². The van der Waals surface area contributed by atoms with E-state index >= 15 is 0 Å². The quantitative estimate of drug-likeness (QED) is 0.771. The molecule has 0 atom stereocenters. The normalized spacial score (nSPS) is 26.0. The van der Waals surface area contributed by atoms with Crippen LogP contribution in [0.3, 0.4) is 0 Å². The largest absolute Gasteiger partial charge is 0.339 e. The van der Waals surface area contributed by atoms with E-state index in [-0.39, 0.29) is 22.6 Å². The smallest absolute Gasteiger partial charge is 0.250 e. The van der Waals surface area contributed by atoms with Crippen LogP contribution >= 0.6 is 0 Å². The topological polar surface area (TPSA) is 40.6 Å². The fourth-order valence-electron chi connectivity index (χ4n) is 5.76. The van der Waals surface area contributed by atoms with Crippen molar-refractivity contribution in [2.24, 2.45) is 0 Å². The van der Waals surface area contributed by atoms with Gasteiger partial charge in [-0.25, -0.2) is 0 Å². The Kier molecular flexibility index (Phi) is 3.10. The molecule has 0 aliphatic carbocycles. The van der Waals surface area contributed by atoms with Crippen molar-refractivity contribution in [3.05, 3.63) is 59.7 Å². The van der Waals surface area contributed by atoms with Gasteiger partial charge in [0.05, 0.1) is 0 Å². The Hall–Kier alpha value is -2.36. The second-order valence-electron chi connectivity index (χ2n) is 8.25. The summed E-state index contributed by atoms with van der Waals surface area (Å²) in [6.45, 7) is 11.6. The molecule has 0 unspecified atom stereocenters. The van der Waals surface area contributed by atoms with Gasteiger partial charge in [0, 0.05) is 48.2 Å². The number of carbonyl (C=O) groups excluding carboxylic acids is 2. The molecule has 1 aromatic carbocycles. The zero-order valence-electron chi connectivity index (χ0n) is 15.1. The van der Waals surface area contributed by atoms with Crippen LogP contribution in [0.15, 0.2) is 48.6 Å². The SMILES string of the molecule is C=C1C(=O)N2CCC1(c1ccccc1C13CCN(CC1)C(=O)C3=C)CC2. The molecular weight excluding hydrogens is 324 g/mol. The zero-order valence-corrected chi connectivity index (χ0v) is 15.1. The van der Waals surface area contributed by atoms with Crippen molar-refractivity contribution in [3.8, 4) is 0 Å². The van der Waals surface area contributed by atoms with E-state index in [1.807, 2.05) is 9.80 Å². The van der Waals surface area contributed by atoms with Crippen LogP contribution in [-0.2, 0) is 20.4 Å². The summed E-state index contributed by atoms with van der Waals surface area (Å²) in [5, 5.41) is 0. The van der Waals surface area contributed by atoms with Crippen LogP contribution < -0.4 is 0 Å². The first-order chi connectivity index (χ1) is 12.5. The standard InChI is InChI=1S/C22H24N2O2/c1-15-19(25)23-11-7-21(15,8-12-23)17-5-3-4-6-18(17)22-9-13-24(14-10-22)20(26)16(22)2/h3-6H,1-2,7-14H2. The predicted molar refractivity (Wildman–Crippen MR) is 99.7 cm³/mol. The third-order valence-electron chi connectivity index (χ3n) is 7.44. The lowest BCUT2D eigenvalue weighted by Gasteiger charge is -2.54.